The highest BCUT2D eigenvalue weighted by atomic mass is 16.7. The fourth-order valence-electron chi connectivity index (χ4n) is 7.00. The number of fused-ring (bicyclic) bond motifs is 1. The third kappa shape index (κ3) is 12.8. The average Bonchev–Trinajstić information content (AvgIpc) is 3.12. The summed E-state index contributed by atoms with van der Waals surface area (Å²) in [7, 11) is 1.36. The van der Waals surface area contributed by atoms with E-state index in [9.17, 15) is 34.8 Å². The molecule has 10 N–H and O–H groups in total. The Morgan fingerprint density at radius 1 is 1.07 bits per heavy atom. The first-order chi connectivity index (χ1) is 25.9. The highest BCUT2D eigenvalue weighted by molar-refractivity contribution is 5.91. The zero-order chi connectivity index (χ0) is 40.9. The van der Waals surface area contributed by atoms with Gasteiger partial charge in [-0.1, -0.05) is 64.0 Å². The van der Waals surface area contributed by atoms with Crippen LogP contribution in [-0.4, -0.2) is 125 Å². The SMILES string of the molecule is C=C1C[C@](OC)([C@H](O)C(=O)N[C@H]2OCO[C@H]3[C@@H]2O[C@H](C[C@H](O)CCCCC/C=C/C=C/C(=O)N[C@@H](CCCN=C(N)N)C(=O)O)C(C)(C)[C@@H]3O)O[C@H](C)[C@@H]1C. The molecule has 312 valence electrons. The van der Waals surface area contributed by atoms with Crippen LogP contribution in [0.15, 0.2) is 41.4 Å². The predicted octanol–water partition coefficient (Wildman–Crippen LogP) is 1.10. The number of methoxy groups -OCH3 is 1. The van der Waals surface area contributed by atoms with E-state index >= 15 is 0 Å². The van der Waals surface area contributed by atoms with Crippen molar-refractivity contribution in [2.24, 2.45) is 27.8 Å². The summed E-state index contributed by atoms with van der Waals surface area (Å²) >= 11 is 0. The van der Waals surface area contributed by atoms with E-state index in [1.54, 1.807) is 12.2 Å². The molecule has 3 rings (SSSR count). The van der Waals surface area contributed by atoms with E-state index in [4.69, 9.17) is 35.2 Å². The highest BCUT2D eigenvalue weighted by Crippen LogP contribution is 2.43. The fraction of sp³-hybridized carbons (Fsp3) is 0.737. The molecule has 17 heteroatoms. The molecule has 3 heterocycles. The zero-order valence-corrected chi connectivity index (χ0v) is 32.7. The third-order valence-electron chi connectivity index (χ3n) is 10.8. The lowest BCUT2D eigenvalue weighted by atomic mass is 9.72. The first-order valence-electron chi connectivity index (χ1n) is 19.0. The second-order valence-corrected chi connectivity index (χ2v) is 15.2. The van der Waals surface area contributed by atoms with E-state index in [0.717, 1.165) is 31.3 Å². The minimum Gasteiger partial charge on any atom is -0.480 e. The summed E-state index contributed by atoms with van der Waals surface area (Å²) in [4.78, 5) is 40.8. The molecule has 3 aliphatic rings. The lowest BCUT2D eigenvalue weighted by Crippen LogP contribution is -2.69. The Hall–Kier alpha value is -3.42. The van der Waals surface area contributed by atoms with Gasteiger partial charge >= 0.3 is 5.97 Å². The molecule has 0 aromatic heterocycles. The van der Waals surface area contributed by atoms with E-state index in [-0.39, 0.29) is 50.6 Å². The number of hydrogen-bond acceptors (Lipinski definition) is 12. The number of ether oxygens (including phenoxy) is 5. The van der Waals surface area contributed by atoms with Crippen LogP contribution in [-0.2, 0) is 38.1 Å². The van der Waals surface area contributed by atoms with Gasteiger partial charge in [-0.05, 0) is 39.0 Å². The molecule has 0 aliphatic carbocycles. The van der Waals surface area contributed by atoms with Crippen LogP contribution in [0.4, 0.5) is 0 Å². The van der Waals surface area contributed by atoms with Gasteiger partial charge in [0.05, 0.1) is 24.4 Å². The van der Waals surface area contributed by atoms with Crippen LogP contribution in [0.5, 0.6) is 0 Å². The maximum Gasteiger partial charge on any atom is 0.326 e. The third-order valence-corrected chi connectivity index (χ3v) is 10.8. The first kappa shape index (κ1) is 46.0. The van der Waals surface area contributed by atoms with E-state index in [1.807, 2.05) is 33.8 Å². The molecule has 0 bridgehead atoms. The molecule has 0 radical (unpaired) electrons. The van der Waals surface area contributed by atoms with Crippen LogP contribution in [0.3, 0.4) is 0 Å². The number of guanidine groups is 1. The van der Waals surface area contributed by atoms with Gasteiger partial charge in [0.1, 0.15) is 25.0 Å². The van der Waals surface area contributed by atoms with E-state index in [1.165, 1.54) is 13.2 Å². The number of carbonyl (C=O) groups is 3. The Morgan fingerprint density at radius 2 is 1.80 bits per heavy atom. The molecule has 55 heavy (non-hydrogen) atoms. The maximum absolute atomic E-state index is 13.4. The van der Waals surface area contributed by atoms with Crippen molar-refractivity contribution >= 4 is 23.7 Å². The minimum absolute atomic E-state index is 0.00833. The van der Waals surface area contributed by atoms with E-state index in [2.05, 4.69) is 22.2 Å². The molecule has 0 unspecified atom stereocenters. The number of aliphatic imine (C=N–C) groups is 1. The number of hydrogen-bond donors (Lipinski definition) is 8. The second kappa shape index (κ2) is 21.2. The van der Waals surface area contributed by atoms with Crippen LogP contribution in [0.25, 0.3) is 0 Å². The Morgan fingerprint density at radius 3 is 2.45 bits per heavy atom. The Kier molecular flexibility index (Phi) is 17.7. The van der Waals surface area contributed by atoms with Gasteiger partial charge in [-0.3, -0.25) is 14.6 Å². The summed E-state index contributed by atoms with van der Waals surface area (Å²) in [6.07, 6.45) is 3.73. The molecule has 3 saturated heterocycles. The smallest absolute Gasteiger partial charge is 0.326 e. The number of nitrogens with one attached hydrogen (secondary N) is 2. The minimum atomic E-state index is -1.73. The molecule has 3 aliphatic heterocycles. The number of nitrogens with two attached hydrogens (primary N) is 2. The van der Waals surface area contributed by atoms with E-state index in [0.29, 0.717) is 12.8 Å². The number of carboxylic acids is 1. The average molecular weight is 782 g/mol. The largest absolute Gasteiger partial charge is 0.480 e. The number of unbranched alkanes of at least 4 members (excludes halogenated alkanes) is 3. The van der Waals surface area contributed by atoms with Crippen molar-refractivity contribution in [3.63, 3.8) is 0 Å². The number of carboxylic acid groups (broad SMARTS) is 1. The molecule has 11 atom stereocenters. The van der Waals surface area contributed by atoms with Gasteiger partial charge in [-0.25, -0.2) is 4.79 Å². The van der Waals surface area contributed by atoms with Gasteiger partial charge in [0.25, 0.3) is 5.91 Å². The summed E-state index contributed by atoms with van der Waals surface area (Å²) in [6, 6.07) is -1.05. The molecule has 2 amide bonds. The van der Waals surface area contributed by atoms with Crippen molar-refractivity contribution in [2.75, 3.05) is 20.4 Å². The van der Waals surface area contributed by atoms with Crippen LogP contribution in [0.1, 0.15) is 85.5 Å². The Bertz CT molecular complexity index is 1390. The number of aliphatic carboxylic acids is 1. The van der Waals surface area contributed by atoms with Gasteiger partial charge in [0, 0.05) is 43.9 Å². The van der Waals surface area contributed by atoms with Gasteiger partial charge in [-0.15, -0.1) is 0 Å². The molecule has 3 fully saturated rings. The molecular weight excluding hydrogens is 718 g/mol. The molecular formula is C38H63N5O12. The molecule has 0 spiro atoms. The van der Waals surface area contributed by atoms with Gasteiger partial charge in [0.15, 0.2) is 18.3 Å². The van der Waals surface area contributed by atoms with Crippen LogP contribution < -0.4 is 22.1 Å². The number of rotatable bonds is 20. The van der Waals surface area contributed by atoms with Crippen molar-refractivity contribution < 1.29 is 58.5 Å². The molecule has 0 aromatic rings. The number of amides is 2. The monoisotopic (exact) mass is 781 g/mol. The van der Waals surface area contributed by atoms with Crippen molar-refractivity contribution in [2.45, 2.75) is 146 Å². The summed E-state index contributed by atoms with van der Waals surface area (Å²) in [5.41, 5.74) is 10.5. The van der Waals surface area contributed by atoms with Gasteiger partial charge in [0.2, 0.25) is 11.7 Å². The number of aliphatic hydroxyl groups is 3. The summed E-state index contributed by atoms with van der Waals surface area (Å²) < 4.78 is 29.4. The second-order valence-electron chi connectivity index (χ2n) is 15.2. The maximum atomic E-state index is 13.4. The lowest BCUT2D eigenvalue weighted by Gasteiger charge is -2.53. The summed E-state index contributed by atoms with van der Waals surface area (Å²) in [6.45, 7) is 11.6. The Labute approximate surface area is 323 Å². The quantitative estimate of drug-likeness (QED) is 0.0215. The lowest BCUT2D eigenvalue weighted by molar-refractivity contribution is -0.330. The van der Waals surface area contributed by atoms with E-state index < -0.39 is 77.9 Å². The predicted molar refractivity (Wildman–Crippen MR) is 202 cm³/mol. The standard InChI is InChI=1S/C38H63N5O12/c1-22-20-38(51-6,55-24(3)23(22)2)32(47)33(48)43-34-30-29(52-21-53-34)31(46)37(4,5)27(54-30)19-25(44)15-12-10-8-7-9-11-13-17-28(45)42-26(35(49)50)16-14-18-41-36(39)40/h9,11,13,17,23-27,29-32,34,44,46-47H,1,7-8,10,12,14-16,18-21H2,2-6H3,(H,42,45)(H,43,48)(H,49,50)(H4,39,40,41)/b11-9+,17-13+/t23-,24-,25-,26+,27-,29+,30+,31-,32-,34+,38-/m1/s1. The fourth-order valence-corrected chi connectivity index (χ4v) is 7.00. The molecule has 17 nitrogen and oxygen atoms in total. The molecule has 0 saturated carbocycles. The Balaban J connectivity index is 1.45. The summed E-state index contributed by atoms with van der Waals surface area (Å²) in [5, 5.41) is 48.0. The van der Waals surface area contributed by atoms with Gasteiger partial charge in [-0.2, -0.15) is 0 Å². The van der Waals surface area contributed by atoms with Crippen molar-refractivity contribution in [1.82, 2.24) is 10.6 Å². The van der Waals surface area contributed by atoms with Crippen LogP contribution in [0.2, 0.25) is 0 Å². The van der Waals surface area contributed by atoms with Crippen molar-refractivity contribution in [1.29, 1.82) is 0 Å². The number of nitrogens with zero attached hydrogens (tertiary/aromatic N) is 1. The van der Waals surface area contributed by atoms with Crippen molar-refractivity contribution in [3.05, 3.63) is 36.5 Å². The number of allylic oxidation sites excluding steroid dienone is 3. The topological polar surface area (TPSA) is 267 Å². The van der Waals surface area contributed by atoms with Crippen molar-refractivity contribution in [3.8, 4) is 0 Å². The highest BCUT2D eigenvalue weighted by Gasteiger charge is 2.56. The van der Waals surface area contributed by atoms with Crippen LogP contribution in [0, 0.1) is 11.3 Å². The number of carbonyl (C=O) groups excluding carboxylic acids is 2. The van der Waals surface area contributed by atoms with Crippen LogP contribution >= 0.6 is 0 Å². The normalized spacial score (nSPS) is 31.0. The van der Waals surface area contributed by atoms with Gasteiger partial charge < -0.3 is 66.2 Å². The summed E-state index contributed by atoms with van der Waals surface area (Å²) in [5.74, 6) is -4.19. The first-order valence-corrected chi connectivity index (χ1v) is 19.0. The zero-order valence-electron chi connectivity index (χ0n) is 32.7. The molecule has 0 aromatic carbocycles. The number of aliphatic hydroxyl groups excluding tert-OH is 3.